The Hall–Kier alpha value is -2.52. The number of hydrogen-bond donors (Lipinski definition) is 1. The molecule has 138 valence electrons. The number of piperazine rings is 1. The number of alkyl halides is 3. The van der Waals surface area contributed by atoms with Crippen LogP contribution in [0.2, 0.25) is 0 Å². The van der Waals surface area contributed by atoms with E-state index in [4.69, 9.17) is 4.74 Å². The Bertz CT molecular complexity index is 643. The van der Waals surface area contributed by atoms with Crippen LogP contribution in [0.4, 0.5) is 32.8 Å². The lowest BCUT2D eigenvalue weighted by molar-refractivity contribution is -0.139. The predicted octanol–water partition coefficient (Wildman–Crippen LogP) is 3.15. The molecular formula is C15H17F4N3O3. The van der Waals surface area contributed by atoms with Crippen LogP contribution in [0.15, 0.2) is 18.2 Å². The number of anilines is 1. The molecule has 25 heavy (non-hydrogen) atoms. The Kier molecular flexibility index (Phi) is 5.70. The maximum atomic E-state index is 13.2. The molecule has 10 heteroatoms. The normalized spacial score (nSPS) is 15.1. The van der Waals surface area contributed by atoms with Gasteiger partial charge in [-0.25, -0.2) is 14.0 Å². The Morgan fingerprint density at radius 2 is 1.76 bits per heavy atom. The summed E-state index contributed by atoms with van der Waals surface area (Å²) in [4.78, 5) is 26.5. The number of rotatable bonds is 2. The molecule has 0 spiro atoms. The standard InChI is InChI=1S/C15H17F4N3O3/c1-2-25-14(24)22-7-5-21(6-8-22)13(23)20-10-3-4-12(16)11(9-10)15(17,18)19/h3-4,9H,2,5-8H2,1H3,(H,20,23). The molecule has 0 saturated carbocycles. The Morgan fingerprint density at radius 3 is 2.32 bits per heavy atom. The Morgan fingerprint density at radius 1 is 1.16 bits per heavy atom. The van der Waals surface area contributed by atoms with E-state index < -0.39 is 29.7 Å². The number of benzene rings is 1. The maximum Gasteiger partial charge on any atom is 0.419 e. The molecular weight excluding hydrogens is 346 g/mol. The molecule has 0 bridgehead atoms. The minimum atomic E-state index is -4.85. The molecule has 1 N–H and O–H groups in total. The lowest BCUT2D eigenvalue weighted by Crippen LogP contribution is -2.51. The van der Waals surface area contributed by atoms with Crippen molar-refractivity contribution in [3.63, 3.8) is 0 Å². The van der Waals surface area contributed by atoms with Crippen molar-refractivity contribution in [1.29, 1.82) is 0 Å². The second-order valence-electron chi connectivity index (χ2n) is 5.30. The number of nitrogens with zero attached hydrogens (tertiary/aromatic N) is 2. The Balaban J connectivity index is 1.96. The third kappa shape index (κ3) is 4.74. The van der Waals surface area contributed by atoms with Crippen molar-refractivity contribution in [2.45, 2.75) is 13.1 Å². The summed E-state index contributed by atoms with van der Waals surface area (Å²) in [6.45, 7) is 2.84. The fourth-order valence-corrected chi connectivity index (χ4v) is 2.33. The first kappa shape index (κ1) is 18.8. The molecule has 1 aliphatic rings. The number of carbonyl (C=O) groups is 2. The van der Waals surface area contributed by atoms with Crippen molar-refractivity contribution in [1.82, 2.24) is 9.80 Å². The van der Waals surface area contributed by atoms with Crippen LogP contribution in [0.3, 0.4) is 0 Å². The van der Waals surface area contributed by atoms with E-state index in [0.717, 1.165) is 6.07 Å². The van der Waals surface area contributed by atoms with Gasteiger partial charge < -0.3 is 19.9 Å². The average Bonchev–Trinajstić information content (AvgIpc) is 2.56. The van der Waals surface area contributed by atoms with Gasteiger partial charge in [-0.15, -0.1) is 0 Å². The average molecular weight is 363 g/mol. The van der Waals surface area contributed by atoms with Crippen LogP contribution >= 0.6 is 0 Å². The van der Waals surface area contributed by atoms with Crippen molar-refractivity contribution in [2.75, 3.05) is 38.1 Å². The van der Waals surface area contributed by atoms with E-state index in [-0.39, 0.29) is 38.5 Å². The van der Waals surface area contributed by atoms with Crippen LogP contribution in [0.25, 0.3) is 0 Å². The first-order valence-corrected chi connectivity index (χ1v) is 7.56. The van der Waals surface area contributed by atoms with Gasteiger partial charge in [0.15, 0.2) is 0 Å². The summed E-state index contributed by atoms with van der Waals surface area (Å²) in [6.07, 6.45) is -5.33. The smallest absolute Gasteiger partial charge is 0.419 e. The summed E-state index contributed by atoms with van der Waals surface area (Å²) in [6, 6.07) is 1.62. The molecule has 1 aromatic carbocycles. The third-order valence-electron chi connectivity index (χ3n) is 3.62. The molecule has 1 aromatic rings. The molecule has 1 fully saturated rings. The number of halogens is 4. The second kappa shape index (κ2) is 7.58. The highest BCUT2D eigenvalue weighted by Crippen LogP contribution is 2.33. The van der Waals surface area contributed by atoms with Gasteiger partial charge in [-0.1, -0.05) is 0 Å². The van der Waals surface area contributed by atoms with Gasteiger partial charge in [0.2, 0.25) is 0 Å². The molecule has 1 saturated heterocycles. The minimum absolute atomic E-state index is 0.161. The lowest BCUT2D eigenvalue weighted by atomic mass is 10.2. The number of nitrogens with one attached hydrogen (secondary N) is 1. The third-order valence-corrected chi connectivity index (χ3v) is 3.62. The van der Waals surface area contributed by atoms with Gasteiger partial charge in [0, 0.05) is 31.9 Å². The summed E-state index contributed by atoms with van der Waals surface area (Å²) in [5.74, 6) is -1.41. The summed E-state index contributed by atoms with van der Waals surface area (Å²) in [7, 11) is 0. The van der Waals surface area contributed by atoms with Crippen LogP contribution in [-0.4, -0.2) is 54.7 Å². The summed E-state index contributed by atoms with van der Waals surface area (Å²) < 4.78 is 56.2. The molecule has 0 radical (unpaired) electrons. The Labute approximate surface area is 141 Å². The SMILES string of the molecule is CCOC(=O)N1CCN(C(=O)Nc2ccc(F)c(C(F)(F)F)c2)CC1. The quantitative estimate of drug-likeness (QED) is 0.821. The molecule has 6 nitrogen and oxygen atoms in total. The fourth-order valence-electron chi connectivity index (χ4n) is 2.33. The van der Waals surface area contributed by atoms with E-state index >= 15 is 0 Å². The fraction of sp³-hybridized carbons (Fsp3) is 0.467. The van der Waals surface area contributed by atoms with E-state index in [9.17, 15) is 27.2 Å². The van der Waals surface area contributed by atoms with E-state index in [0.29, 0.717) is 12.1 Å². The molecule has 0 aromatic heterocycles. The van der Waals surface area contributed by atoms with Crippen LogP contribution in [0.1, 0.15) is 12.5 Å². The van der Waals surface area contributed by atoms with Gasteiger partial charge in [-0.05, 0) is 25.1 Å². The van der Waals surface area contributed by atoms with Crippen LogP contribution in [0.5, 0.6) is 0 Å². The van der Waals surface area contributed by atoms with Gasteiger partial charge in [-0.2, -0.15) is 13.2 Å². The topological polar surface area (TPSA) is 61.9 Å². The predicted molar refractivity (Wildman–Crippen MR) is 80.6 cm³/mol. The maximum absolute atomic E-state index is 13.2. The van der Waals surface area contributed by atoms with E-state index in [1.807, 2.05) is 0 Å². The zero-order chi connectivity index (χ0) is 18.6. The number of urea groups is 1. The summed E-state index contributed by atoms with van der Waals surface area (Å²) in [5.41, 5.74) is -1.61. The van der Waals surface area contributed by atoms with E-state index in [1.54, 1.807) is 6.92 Å². The van der Waals surface area contributed by atoms with Crippen LogP contribution in [-0.2, 0) is 10.9 Å². The first-order chi connectivity index (χ1) is 11.7. The van der Waals surface area contributed by atoms with Crippen LogP contribution in [0, 0.1) is 5.82 Å². The second-order valence-corrected chi connectivity index (χ2v) is 5.30. The zero-order valence-corrected chi connectivity index (χ0v) is 13.4. The summed E-state index contributed by atoms with van der Waals surface area (Å²) in [5, 5.41) is 2.31. The van der Waals surface area contributed by atoms with Crippen LogP contribution < -0.4 is 5.32 Å². The highest BCUT2D eigenvalue weighted by molar-refractivity contribution is 5.89. The molecule has 2 rings (SSSR count). The van der Waals surface area contributed by atoms with Crippen molar-refractivity contribution in [2.24, 2.45) is 0 Å². The summed E-state index contributed by atoms with van der Waals surface area (Å²) >= 11 is 0. The molecule has 0 unspecified atom stereocenters. The van der Waals surface area contributed by atoms with Crippen molar-refractivity contribution >= 4 is 17.8 Å². The van der Waals surface area contributed by atoms with E-state index in [2.05, 4.69) is 5.32 Å². The first-order valence-electron chi connectivity index (χ1n) is 7.56. The molecule has 0 aliphatic carbocycles. The monoisotopic (exact) mass is 363 g/mol. The van der Waals surface area contributed by atoms with Gasteiger partial charge in [0.25, 0.3) is 0 Å². The number of hydrogen-bond acceptors (Lipinski definition) is 3. The highest BCUT2D eigenvalue weighted by atomic mass is 19.4. The van der Waals surface area contributed by atoms with Crippen molar-refractivity contribution in [3.05, 3.63) is 29.6 Å². The van der Waals surface area contributed by atoms with Gasteiger partial charge >= 0.3 is 18.3 Å². The van der Waals surface area contributed by atoms with Gasteiger partial charge in [0.1, 0.15) is 5.82 Å². The number of carbonyl (C=O) groups excluding carboxylic acids is 2. The highest BCUT2D eigenvalue weighted by Gasteiger charge is 2.34. The number of amides is 3. The largest absolute Gasteiger partial charge is 0.450 e. The lowest BCUT2D eigenvalue weighted by Gasteiger charge is -2.34. The van der Waals surface area contributed by atoms with Crippen molar-refractivity contribution in [3.8, 4) is 0 Å². The minimum Gasteiger partial charge on any atom is -0.450 e. The van der Waals surface area contributed by atoms with E-state index in [1.165, 1.54) is 9.80 Å². The van der Waals surface area contributed by atoms with Gasteiger partial charge in [-0.3, -0.25) is 0 Å². The zero-order valence-electron chi connectivity index (χ0n) is 13.4. The molecule has 1 heterocycles. The molecule has 0 atom stereocenters. The number of ether oxygens (including phenoxy) is 1. The van der Waals surface area contributed by atoms with Crippen molar-refractivity contribution < 1.29 is 31.9 Å². The molecule has 3 amide bonds. The van der Waals surface area contributed by atoms with Gasteiger partial charge in [0.05, 0.1) is 12.2 Å². The molecule has 1 aliphatic heterocycles.